The summed E-state index contributed by atoms with van der Waals surface area (Å²) < 4.78 is 0. The van der Waals surface area contributed by atoms with Crippen LogP contribution in [0.15, 0.2) is 48.5 Å². The second kappa shape index (κ2) is 6.69. The summed E-state index contributed by atoms with van der Waals surface area (Å²) >= 11 is 0. The van der Waals surface area contributed by atoms with E-state index in [-0.39, 0.29) is 5.41 Å². The Hall–Kier alpha value is -1.56. The molecule has 0 saturated heterocycles. The average Bonchev–Trinajstić information content (AvgIpc) is 2.52. The fourth-order valence-corrected chi connectivity index (χ4v) is 3.30. The molecule has 2 rings (SSSR count). The van der Waals surface area contributed by atoms with E-state index in [9.17, 15) is 0 Å². The van der Waals surface area contributed by atoms with Gasteiger partial charge in [-0.25, -0.2) is 0 Å². The Labute approximate surface area is 136 Å². The van der Waals surface area contributed by atoms with E-state index in [1.54, 1.807) is 0 Å². The molecule has 0 heterocycles. The SMILES string of the molecule is CCC(C)c1ccccc1C(C)c1ccccc1C(C)(C)C. The highest BCUT2D eigenvalue weighted by Crippen LogP contribution is 2.37. The number of benzene rings is 2. The Morgan fingerprint density at radius 3 is 1.82 bits per heavy atom. The van der Waals surface area contributed by atoms with Gasteiger partial charge in [0, 0.05) is 5.92 Å². The van der Waals surface area contributed by atoms with Crippen molar-refractivity contribution in [2.75, 3.05) is 0 Å². The first-order valence-electron chi connectivity index (χ1n) is 8.54. The summed E-state index contributed by atoms with van der Waals surface area (Å²) in [7, 11) is 0. The van der Waals surface area contributed by atoms with Gasteiger partial charge in [0.25, 0.3) is 0 Å². The summed E-state index contributed by atoms with van der Waals surface area (Å²) in [5.74, 6) is 1.04. The topological polar surface area (TPSA) is 0 Å². The molecule has 2 unspecified atom stereocenters. The van der Waals surface area contributed by atoms with Gasteiger partial charge in [-0.05, 0) is 40.0 Å². The summed E-state index contributed by atoms with van der Waals surface area (Å²) in [4.78, 5) is 0. The van der Waals surface area contributed by atoms with Gasteiger partial charge in [0.05, 0.1) is 0 Å². The smallest absolute Gasteiger partial charge is 0.00667 e. The van der Waals surface area contributed by atoms with Crippen molar-refractivity contribution < 1.29 is 0 Å². The van der Waals surface area contributed by atoms with Gasteiger partial charge in [-0.2, -0.15) is 0 Å². The number of rotatable bonds is 4. The highest BCUT2D eigenvalue weighted by Gasteiger charge is 2.23. The lowest BCUT2D eigenvalue weighted by Gasteiger charge is -2.28. The van der Waals surface area contributed by atoms with Crippen LogP contribution in [0.5, 0.6) is 0 Å². The van der Waals surface area contributed by atoms with Crippen molar-refractivity contribution >= 4 is 0 Å². The second-order valence-electron chi connectivity index (χ2n) is 7.50. The molecule has 0 bridgehead atoms. The Balaban J connectivity index is 2.53. The lowest BCUT2D eigenvalue weighted by atomic mass is 9.77. The second-order valence-corrected chi connectivity index (χ2v) is 7.50. The number of hydrogen-bond donors (Lipinski definition) is 0. The quantitative estimate of drug-likeness (QED) is 0.592. The van der Waals surface area contributed by atoms with Crippen molar-refractivity contribution in [1.29, 1.82) is 0 Å². The standard InChI is InChI=1S/C22H30/c1-7-16(2)18-12-8-9-13-19(18)17(3)20-14-10-11-15-21(20)22(4,5)6/h8-17H,7H2,1-6H3. The fourth-order valence-electron chi connectivity index (χ4n) is 3.30. The van der Waals surface area contributed by atoms with Crippen LogP contribution in [0.2, 0.25) is 0 Å². The molecule has 118 valence electrons. The predicted octanol–water partition coefficient (Wildman–Crippen LogP) is 6.65. The van der Waals surface area contributed by atoms with Crippen molar-refractivity contribution in [3.8, 4) is 0 Å². The van der Waals surface area contributed by atoms with Crippen molar-refractivity contribution in [3.63, 3.8) is 0 Å². The highest BCUT2D eigenvalue weighted by molar-refractivity contribution is 5.44. The molecule has 0 N–H and O–H groups in total. The van der Waals surface area contributed by atoms with Crippen molar-refractivity contribution in [1.82, 2.24) is 0 Å². The van der Waals surface area contributed by atoms with Gasteiger partial charge >= 0.3 is 0 Å². The largest absolute Gasteiger partial charge is 0.0648 e. The van der Waals surface area contributed by atoms with Gasteiger partial charge in [-0.15, -0.1) is 0 Å². The third-order valence-electron chi connectivity index (χ3n) is 4.84. The minimum atomic E-state index is 0.177. The predicted molar refractivity (Wildman–Crippen MR) is 97.8 cm³/mol. The van der Waals surface area contributed by atoms with Crippen molar-refractivity contribution in [2.24, 2.45) is 0 Å². The third kappa shape index (κ3) is 3.43. The molecule has 2 aromatic carbocycles. The van der Waals surface area contributed by atoms with E-state index < -0.39 is 0 Å². The van der Waals surface area contributed by atoms with E-state index >= 15 is 0 Å². The van der Waals surface area contributed by atoms with Gasteiger partial charge in [-0.1, -0.05) is 90.1 Å². The Morgan fingerprint density at radius 1 is 0.773 bits per heavy atom. The first kappa shape index (κ1) is 16.8. The van der Waals surface area contributed by atoms with E-state index in [0.29, 0.717) is 11.8 Å². The molecule has 0 fully saturated rings. The Morgan fingerprint density at radius 2 is 1.27 bits per heavy atom. The van der Waals surface area contributed by atoms with E-state index in [0.717, 1.165) is 0 Å². The molecule has 0 saturated carbocycles. The van der Waals surface area contributed by atoms with Crippen molar-refractivity contribution in [2.45, 2.75) is 65.2 Å². The van der Waals surface area contributed by atoms with Gasteiger partial charge in [0.15, 0.2) is 0 Å². The zero-order chi connectivity index (χ0) is 16.3. The Kier molecular flexibility index (Phi) is 5.11. The van der Waals surface area contributed by atoms with Gasteiger partial charge in [0.1, 0.15) is 0 Å². The van der Waals surface area contributed by atoms with Gasteiger partial charge in [0.2, 0.25) is 0 Å². The van der Waals surface area contributed by atoms with Crippen LogP contribution >= 0.6 is 0 Å². The van der Waals surface area contributed by atoms with Gasteiger partial charge in [-0.3, -0.25) is 0 Å². The molecule has 2 atom stereocenters. The minimum Gasteiger partial charge on any atom is -0.0648 e. The van der Waals surface area contributed by atoms with Crippen LogP contribution in [0.1, 0.15) is 82.1 Å². The molecule has 2 aromatic rings. The summed E-state index contributed by atoms with van der Waals surface area (Å²) in [6, 6.07) is 17.9. The van der Waals surface area contributed by atoms with Crippen LogP contribution < -0.4 is 0 Å². The fraction of sp³-hybridized carbons (Fsp3) is 0.455. The zero-order valence-corrected chi connectivity index (χ0v) is 15.0. The maximum absolute atomic E-state index is 2.35. The summed E-state index contributed by atoms with van der Waals surface area (Å²) in [5.41, 5.74) is 6.08. The van der Waals surface area contributed by atoms with Crippen LogP contribution in [0.25, 0.3) is 0 Å². The minimum absolute atomic E-state index is 0.177. The van der Waals surface area contributed by atoms with Crippen LogP contribution in [0.3, 0.4) is 0 Å². The molecule has 0 heteroatoms. The van der Waals surface area contributed by atoms with E-state index in [4.69, 9.17) is 0 Å². The van der Waals surface area contributed by atoms with Gasteiger partial charge < -0.3 is 0 Å². The molecule has 0 aliphatic carbocycles. The molecule has 0 radical (unpaired) electrons. The molecular weight excluding hydrogens is 264 g/mol. The monoisotopic (exact) mass is 294 g/mol. The van der Waals surface area contributed by atoms with E-state index in [2.05, 4.69) is 90.1 Å². The third-order valence-corrected chi connectivity index (χ3v) is 4.84. The lowest BCUT2D eigenvalue weighted by molar-refractivity contribution is 0.578. The first-order valence-corrected chi connectivity index (χ1v) is 8.54. The zero-order valence-electron chi connectivity index (χ0n) is 15.0. The lowest BCUT2D eigenvalue weighted by Crippen LogP contribution is -2.16. The van der Waals surface area contributed by atoms with E-state index in [1.165, 1.54) is 28.7 Å². The summed E-state index contributed by atoms with van der Waals surface area (Å²) in [5, 5.41) is 0. The summed E-state index contributed by atoms with van der Waals surface area (Å²) in [6.45, 7) is 13.9. The maximum atomic E-state index is 2.35. The first-order chi connectivity index (χ1) is 10.4. The normalized spacial score (nSPS) is 14.6. The van der Waals surface area contributed by atoms with Crippen LogP contribution in [-0.4, -0.2) is 0 Å². The molecule has 0 aliphatic heterocycles. The van der Waals surface area contributed by atoms with Crippen LogP contribution in [-0.2, 0) is 5.41 Å². The summed E-state index contributed by atoms with van der Waals surface area (Å²) in [6.07, 6.45) is 1.19. The molecule has 22 heavy (non-hydrogen) atoms. The maximum Gasteiger partial charge on any atom is 0.00667 e. The Bertz CT molecular complexity index is 616. The average molecular weight is 294 g/mol. The van der Waals surface area contributed by atoms with Crippen LogP contribution in [0.4, 0.5) is 0 Å². The molecular formula is C22H30. The van der Waals surface area contributed by atoms with Crippen molar-refractivity contribution in [3.05, 3.63) is 70.8 Å². The number of hydrogen-bond acceptors (Lipinski definition) is 0. The van der Waals surface area contributed by atoms with E-state index in [1.807, 2.05) is 0 Å². The highest BCUT2D eigenvalue weighted by atomic mass is 14.3. The molecule has 0 amide bonds. The molecule has 0 nitrogen and oxygen atoms in total. The molecule has 0 spiro atoms. The molecule has 0 aliphatic rings. The molecule has 0 aromatic heterocycles. The van der Waals surface area contributed by atoms with Crippen LogP contribution in [0, 0.1) is 0 Å².